The van der Waals surface area contributed by atoms with Crippen LogP contribution in [0.25, 0.3) is 42.8 Å². The zero-order valence-corrected chi connectivity index (χ0v) is 31.1. The lowest BCUT2D eigenvalue weighted by atomic mass is 9.91. The molecule has 11 heteroatoms. The minimum Gasteiger partial charge on any atom is -0.464 e. The number of carbonyl (C=O) groups is 1. The average molecular weight is 705 g/mol. The van der Waals surface area contributed by atoms with Gasteiger partial charge >= 0.3 is 5.97 Å². The predicted octanol–water partition coefficient (Wildman–Crippen LogP) is 7.96. The van der Waals surface area contributed by atoms with Crippen LogP contribution in [0.5, 0.6) is 0 Å². The van der Waals surface area contributed by atoms with Gasteiger partial charge in [-0.05, 0) is 82.1 Å². The summed E-state index contributed by atoms with van der Waals surface area (Å²) in [5, 5.41) is 7.64. The maximum absolute atomic E-state index is 13.5. The lowest BCUT2D eigenvalue weighted by molar-refractivity contribution is -0.166. The van der Waals surface area contributed by atoms with Gasteiger partial charge in [-0.3, -0.25) is 9.58 Å². The molecular formula is C38H45ClN4O5S. The summed E-state index contributed by atoms with van der Waals surface area (Å²) in [6.07, 6.45) is -0.927. The number of rotatable bonds is 12. The second kappa shape index (κ2) is 14.5. The summed E-state index contributed by atoms with van der Waals surface area (Å²) in [6.45, 7) is 13.0. The summed E-state index contributed by atoms with van der Waals surface area (Å²) in [4.78, 5) is 21.1. The highest BCUT2D eigenvalue weighted by atomic mass is 35.5. The third kappa shape index (κ3) is 7.27. The first-order valence-electron chi connectivity index (χ1n) is 16.7. The fourth-order valence-corrected chi connectivity index (χ4v) is 7.97. The smallest absolute Gasteiger partial charge is 0.339 e. The number of hydrogen-bond donors (Lipinski definition) is 0. The number of carbonyl (C=O) groups excluding carboxylic acids is 1. The van der Waals surface area contributed by atoms with E-state index in [0.717, 1.165) is 72.7 Å². The van der Waals surface area contributed by atoms with Gasteiger partial charge in [0.05, 0.1) is 52.9 Å². The van der Waals surface area contributed by atoms with Crippen LogP contribution in [0.3, 0.4) is 0 Å². The Labute approximate surface area is 297 Å². The Hall–Kier alpha value is -3.38. The fraction of sp³-hybridized carbons (Fsp3) is 0.447. The zero-order chi connectivity index (χ0) is 35.0. The molecule has 1 atom stereocenters. The molecule has 1 aliphatic heterocycles. The number of likely N-dealkylation sites (tertiary alicyclic amines) is 1. The molecular weight excluding hydrogens is 660 g/mol. The standard InChI is InChI=1S/C38H45ClN4O5S/c1-9-47-37(44)34(48-38(3,4)5)31-22(2)16-29-35(32(31)23-10-13-26(39)14-11-23)49-36(40-29)24-12-15-30-28(17-24)33(41-42(30)6)25-18-43(19-25)27(20-45-7)21-46-8/h10-17,25,27,34H,9,18-21H2,1-8H3/t34-/m0/s1. The minimum atomic E-state index is -0.927. The minimum absolute atomic E-state index is 0.222. The second-order valence-corrected chi connectivity index (χ2v) is 15.1. The van der Waals surface area contributed by atoms with Crippen molar-refractivity contribution in [1.82, 2.24) is 19.7 Å². The number of benzene rings is 3. The van der Waals surface area contributed by atoms with Gasteiger partial charge in [0.25, 0.3) is 0 Å². The molecule has 3 aromatic carbocycles. The van der Waals surface area contributed by atoms with Crippen LogP contribution in [0, 0.1) is 6.92 Å². The van der Waals surface area contributed by atoms with E-state index in [-0.39, 0.29) is 12.6 Å². The second-order valence-electron chi connectivity index (χ2n) is 13.7. The molecule has 9 nitrogen and oxygen atoms in total. The van der Waals surface area contributed by atoms with Crippen LogP contribution in [0.15, 0.2) is 48.5 Å². The Morgan fingerprint density at radius 3 is 2.35 bits per heavy atom. The third-order valence-electron chi connectivity index (χ3n) is 8.95. The maximum atomic E-state index is 13.5. The van der Waals surface area contributed by atoms with Crippen molar-refractivity contribution in [2.75, 3.05) is 47.1 Å². The van der Waals surface area contributed by atoms with Gasteiger partial charge in [-0.15, -0.1) is 11.3 Å². The van der Waals surface area contributed by atoms with Gasteiger partial charge in [-0.1, -0.05) is 23.7 Å². The van der Waals surface area contributed by atoms with Gasteiger partial charge < -0.3 is 18.9 Å². The molecule has 2 aromatic heterocycles. The number of aromatic nitrogens is 3. The quantitative estimate of drug-likeness (QED) is 0.121. The third-order valence-corrected chi connectivity index (χ3v) is 10.3. The molecule has 3 heterocycles. The molecule has 6 rings (SSSR count). The summed E-state index contributed by atoms with van der Waals surface area (Å²) in [6, 6.07) is 16.4. The van der Waals surface area contributed by atoms with E-state index in [9.17, 15) is 4.79 Å². The number of fused-ring (bicyclic) bond motifs is 2. The summed E-state index contributed by atoms with van der Waals surface area (Å²) < 4.78 is 25.9. The normalized spacial score (nSPS) is 15.0. The number of esters is 1. The van der Waals surface area contributed by atoms with Crippen LogP contribution in [0.2, 0.25) is 5.02 Å². The number of thiazole rings is 1. The van der Waals surface area contributed by atoms with Crippen LogP contribution < -0.4 is 0 Å². The van der Waals surface area contributed by atoms with Gasteiger partial charge in [-0.2, -0.15) is 5.10 Å². The number of nitrogens with zero attached hydrogens (tertiary/aromatic N) is 4. The molecule has 0 unspecified atom stereocenters. The zero-order valence-electron chi connectivity index (χ0n) is 29.5. The number of halogens is 1. The van der Waals surface area contributed by atoms with E-state index < -0.39 is 17.7 Å². The summed E-state index contributed by atoms with van der Waals surface area (Å²) in [7, 11) is 5.46. The lowest BCUT2D eigenvalue weighted by Crippen LogP contribution is -2.54. The molecule has 0 bridgehead atoms. The van der Waals surface area contributed by atoms with Crippen LogP contribution in [0.4, 0.5) is 0 Å². The SMILES string of the molecule is CCOC(=O)[C@@H](OC(C)(C)C)c1c(C)cc2nc(-c3ccc4c(c3)c(C3CN(C(COC)COC)C3)nn4C)sc2c1-c1ccc(Cl)cc1. The van der Waals surface area contributed by atoms with Gasteiger partial charge in [0.15, 0.2) is 6.10 Å². The Balaban J connectivity index is 1.45. The van der Waals surface area contributed by atoms with Crippen molar-refractivity contribution in [3.63, 3.8) is 0 Å². The molecule has 0 amide bonds. The molecule has 1 fully saturated rings. The first kappa shape index (κ1) is 35.4. The Bertz CT molecular complexity index is 1950. The molecule has 0 spiro atoms. The fourth-order valence-electron chi connectivity index (χ4n) is 6.73. The topological polar surface area (TPSA) is 87.9 Å². The highest BCUT2D eigenvalue weighted by Gasteiger charge is 2.36. The van der Waals surface area contributed by atoms with Crippen molar-refractivity contribution in [2.45, 2.75) is 58.3 Å². The van der Waals surface area contributed by atoms with Crippen molar-refractivity contribution >= 4 is 50.0 Å². The molecule has 1 saturated heterocycles. The molecule has 49 heavy (non-hydrogen) atoms. The summed E-state index contributed by atoms with van der Waals surface area (Å²) in [5.74, 6) is -0.102. The molecule has 0 radical (unpaired) electrons. The number of methoxy groups -OCH3 is 2. The Kier molecular flexibility index (Phi) is 10.5. The molecule has 0 saturated carbocycles. The summed E-state index contributed by atoms with van der Waals surface area (Å²) >= 11 is 7.94. The van der Waals surface area contributed by atoms with E-state index in [1.54, 1.807) is 25.6 Å². The Morgan fingerprint density at radius 2 is 1.71 bits per heavy atom. The van der Waals surface area contributed by atoms with Gasteiger partial charge in [-0.25, -0.2) is 9.78 Å². The summed E-state index contributed by atoms with van der Waals surface area (Å²) in [5.41, 5.74) is 6.96. The number of aryl methyl sites for hydroxylation is 2. The van der Waals surface area contributed by atoms with Crippen LogP contribution in [-0.4, -0.2) is 84.4 Å². The highest BCUT2D eigenvalue weighted by Crippen LogP contribution is 2.45. The molecule has 1 aliphatic rings. The van der Waals surface area contributed by atoms with Crippen molar-refractivity contribution in [1.29, 1.82) is 0 Å². The van der Waals surface area contributed by atoms with Crippen LogP contribution in [-0.2, 0) is 30.8 Å². The van der Waals surface area contributed by atoms with Crippen molar-refractivity contribution < 1.29 is 23.7 Å². The van der Waals surface area contributed by atoms with Gasteiger partial charge in [0.2, 0.25) is 0 Å². The van der Waals surface area contributed by atoms with Crippen LogP contribution >= 0.6 is 22.9 Å². The van der Waals surface area contributed by atoms with Crippen LogP contribution in [0.1, 0.15) is 56.5 Å². The Morgan fingerprint density at radius 1 is 1.04 bits per heavy atom. The van der Waals surface area contributed by atoms with Gasteiger partial charge in [0.1, 0.15) is 5.01 Å². The van der Waals surface area contributed by atoms with E-state index >= 15 is 0 Å². The largest absolute Gasteiger partial charge is 0.464 e. The predicted molar refractivity (Wildman–Crippen MR) is 197 cm³/mol. The van der Waals surface area contributed by atoms with Crippen molar-refractivity contribution in [3.8, 4) is 21.7 Å². The molecule has 5 aromatic rings. The van der Waals surface area contributed by atoms with E-state index in [1.165, 1.54) is 0 Å². The van der Waals surface area contributed by atoms with Gasteiger partial charge in [0, 0.05) is 67.4 Å². The number of ether oxygens (including phenoxy) is 4. The maximum Gasteiger partial charge on any atom is 0.339 e. The van der Waals surface area contributed by atoms with E-state index in [1.807, 2.05) is 70.6 Å². The molecule has 260 valence electrons. The number of hydrogen-bond acceptors (Lipinski definition) is 9. The molecule has 0 N–H and O–H groups in total. The average Bonchev–Trinajstić information content (AvgIpc) is 3.59. The highest BCUT2D eigenvalue weighted by molar-refractivity contribution is 7.22. The van der Waals surface area contributed by atoms with Crippen molar-refractivity contribution in [2.24, 2.45) is 7.05 Å². The monoisotopic (exact) mass is 704 g/mol. The van der Waals surface area contributed by atoms with E-state index in [2.05, 4.69) is 29.2 Å². The first-order valence-corrected chi connectivity index (χ1v) is 17.8. The molecule has 0 aliphatic carbocycles. The first-order chi connectivity index (χ1) is 23.4. The van der Waals surface area contributed by atoms with E-state index in [4.69, 9.17) is 40.6 Å². The van der Waals surface area contributed by atoms with Crippen molar-refractivity contribution in [3.05, 3.63) is 70.4 Å². The van der Waals surface area contributed by atoms with E-state index in [0.29, 0.717) is 24.2 Å². The lowest BCUT2D eigenvalue weighted by Gasteiger charge is -2.43.